The fraction of sp³-hybridized carbons (Fsp3) is 0.333. The molecule has 0 amide bonds. The van der Waals surface area contributed by atoms with Gasteiger partial charge in [-0.05, 0) is 31.9 Å². The van der Waals surface area contributed by atoms with E-state index in [0.29, 0.717) is 12.8 Å². The fourth-order valence-electron chi connectivity index (χ4n) is 0.951. The molecule has 0 saturated heterocycles. The van der Waals surface area contributed by atoms with Crippen molar-refractivity contribution in [3.63, 3.8) is 0 Å². The molecule has 0 aliphatic rings. The number of benzene rings is 1. The molecule has 0 radical (unpaired) electrons. The van der Waals surface area contributed by atoms with E-state index in [4.69, 9.17) is 5.31 Å². The molecule has 0 spiro atoms. The summed E-state index contributed by atoms with van der Waals surface area (Å²) in [6.07, 6.45) is 0. The molecular formula is C9H12O4S2. The van der Waals surface area contributed by atoms with Crippen molar-refractivity contribution in [3.8, 4) is 0 Å². The van der Waals surface area contributed by atoms with Gasteiger partial charge in [-0.2, -0.15) is 8.42 Å². The Hall–Kier alpha value is -0.560. The molecule has 0 fully saturated rings. The van der Waals surface area contributed by atoms with Gasteiger partial charge in [0.15, 0.2) is 0 Å². The highest BCUT2D eigenvalue weighted by Crippen LogP contribution is 2.12. The molecule has 0 atom stereocenters. The Kier molecular flexibility index (Phi) is 4.01. The van der Waals surface area contributed by atoms with Crippen molar-refractivity contribution in [2.45, 2.75) is 11.8 Å². The average Bonchev–Trinajstić information content (AvgIpc) is 2.25. The first-order chi connectivity index (χ1) is 7.56. The van der Waals surface area contributed by atoms with E-state index < -0.39 is 10.1 Å². The van der Waals surface area contributed by atoms with Crippen LogP contribution in [0.4, 0.5) is 0 Å². The fourth-order valence-corrected chi connectivity index (χ4v) is 1.91. The molecule has 1 aromatic carbocycles. The summed E-state index contributed by atoms with van der Waals surface area (Å²) in [5.41, 5.74) is 0.980. The van der Waals surface area contributed by atoms with Crippen molar-refractivity contribution in [2.24, 2.45) is 0 Å². The van der Waals surface area contributed by atoms with Crippen LogP contribution in [0.5, 0.6) is 0 Å². The second-order valence-electron chi connectivity index (χ2n) is 2.91. The molecule has 0 unspecified atom stereocenters. The number of aryl methyl sites for hydroxylation is 1. The topological polar surface area (TPSA) is 52.6 Å². The van der Waals surface area contributed by atoms with Gasteiger partial charge < -0.3 is 4.18 Å². The zero-order valence-electron chi connectivity index (χ0n) is 9.17. The minimum Gasteiger partial charge on any atom is -0.316 e. The van der Waals surface area contributed by atoms with Crippen LogP contribution < -0.4 is 0 Å². The molecule has 0 bridgehead atoms. The van der Waals surface area contributed by atoms with Crippen LogP contribution in [0.25, 0.3) is 0 Å². The lowest BCUT2D eigenvalue weighted by atomic mass is 10.2. The van der Waals surface area contributed by atoms with E-state index in [1.165, 1.54) is 12.1 Å². The third-order valence-electron chi connectivity index (χ3n) is 1.71. The quantitative estimate of drug-likeness (QED) is 0.360. The van der Waals surface area contributed by atoms with Crippen molar-refractivity contribution in [3.05, 3.63) is 29.8 Å². The van der Waals surface area contributed by atoms with Crippen molar-refractivity contribution < 1.29 is 16.8 Å². The number of hydrogen-bond acceptors (Lipinski definition) is 5. The first-order valence-corrected chi connectivity index (χ1v) is 6.01. The zero-order valence-corrected chi connectivity index (χ0v) is 9.81. The van der Waals surface area contributed by atoms with Gasteiger partial charge in [0.1, 0.15) is 1.12 Å². The molecule has 0 aliphatic heterocycles. The van der Waals surface area contributed by atoms with E-state index in [9.17, 15) is 8.42 Å². The lowest BCUT2D eigenvalue weighted by Crippen LogP contribution is -2.10. The van der Waals surface area contributed by atoms with E-state index in [1.54, 1.807) is 12.1 Å². The summed E-state index contributed by atoms with van der Waals surface area (Å²) >= 11 is 0.425. The van der Waals surface area contributed by atoms with Crippen molar-refractivity contribution in [1.29, 1.82) is 1.12 Å². The normalized spacial score (nSPS) is 12.5. The van der Waals surface area contributed by atoms with Gasteiger partial charge in [0, 0.05) is 0 Å². The van der Waals surface area contributed by atoms with Crippen LogP contribution in [0.3, 0.4) is 0 Å². The predicted octanol–water partition coefficient (Wildman–Crippen LogP) is 1.56. The monoisotopic (exact) mass is 250 g/mol. The molecule has 6 heteroatoms. The molecule has 0 aromatic heterocycles. The molecule has 4 nitrogen and oxygen atoms in total. The van der Waals surface area contributed by atoms with E-state index in [2.05, 4.69) is 4.18 Å². The molecule has 84 valence electrons. The molecule has 0 heterocycles. The van der Waals surface area contributed by atoms with Crippen LogP contribution in [0.2, 0.25) is 0 Å². The standard InChI is InChI=1S/C9H12O4S2/c1-8-2-4-9(5-3-8)15(10,11)13-7-6-12-14/h2-5,14H,6-7H2,1H3/i/hT. The molecule has 15 heavy (non-hydrogen) atoms. The first kappa shape index (κ1) is 10.9. The van der Waals surface area contributed by atoms with Crippen molar-refractivity contribution >= 4 is 22.9 Å². The lowest BCUT2D eigenvalue weighted by Gasteiger charge is -2.04. The van der Waals surface area contributed by atoms with Gasteiger partial charge in [-0.25, -0.2) is 0 Å². The van der Waals surface area contributed by atoms with Crippen LogP contribution in [0, 0.1) is 6.92 Å². The SMILES string of the molecule is [3H]SOCCOS(=O)(=O)c1ccc(C)cc1. The summed E-state index contributed by atoms with van der Waals surface area (Å²) in [6.45, 7) is 1.83. The second kappa shape index (κ2) is 5.50. The number of hydrogen-bond donors (Lipinski definition) is 1. The summed E-state index contributed by atoms with van der Waals surface area (Å²) in [4.78, 5) is 0.122. The van der Waals surface area contributed by atoms with Gasteiger partial charge in [0.25, 0.3) is 10.1 Å². The van der Waals surface area contributed by atoms with Crippen LogP contribution in [-0.4, -0.2) is 22.8 Å². The zero-order chi connectivity index (χ0) is 12.0. The van der Waals surface area contributed by atoms with Gasteiger partial charge in [-0.15, -0.1) is 0 Å². The maximum atomic E-state index is 11.6. The highest BCUT2D eigenvalue weighted by molar-refractivity contribution is 7.86. The van der Waals surface area contributed by atoms with E-state index in [1.807, 2.05) is 6.92 Å². The summed E-state index contributed by atoms with van der Waals surface area (Å²) < 4.78 is 39.1. The van der Waals surface area contributed by atoms with Crippen LogP contribution in [0.15, 0.2) is 29.2 Å². The van der Waals surface area contributed by atoms with Crippen LogP contribution >= 0.6 is 12.8 Å². The average molecular weight is 250 g/mol. The van der Waals surface area contributed by atoms with Gasteiger partial charge in [0.2, 0.25) is 0 Å². The third-order valence-corrected chi connectivity index (χ3v) is 3.21. The minimum absolute atomic E-state index is 0.0548. The highest BCUT2D eigenvalue weighted by atomic mass is 32.2. The maximum Gasteiger partial charge on any atom is 0.297 e. The van der Waals surface area contributed by atoms with E-state index in [-0.39, 0.29) is 18.1 Å². The highest BCUT2D eigenvalue weighted by Gasteiger charge is 2.13. The lowest BCUT2D eigenvalue weighted by molar-refractivity contribution is 0.245. The number of rotatable bonds is 6. The van der Waals surface area contributed by atoms with Crippen LogP contribution in [0.1, 0.15) is 5.56 Å². The summed E-state index contributed by atoms with van der Waals surface area (Å²) in [5, 5.41) is 0. The Bertz CT molecular complexity index is 416. The Morgan fingerprint density at radius 1 is 1.33 bits per heavy atom. The Labute approximate surface area is 96.0 Å². The van der Waals surface area contributed by atoms with Gasteiger partial charge >= 0.3 is 0 Å². The Balaban J connectivity index is 2.60. The largest absolute Gasteiger partial charge is 0.316 e. The summed E-state index contributed by atoms with van der Waals surface area (Å²) in [5.74, 6) is 0. The molecule has 1 rings (SSSR count). The third kappa shape index (κ3) is 3.83. The molecule has 0 aliphatic carbocycles. The van der Waals surface area contributed by atoms with Gasteiger partial charge in [0.05, 0.1) is 18.1 Å². The molecule has 1 aromatic rings. The van der Waals surface area contributed by atoms with Gasteiger partial charge in [-0.3, -0.25) is 4.18 Å². The molecular weight excluding hydrogens is 236 g/mol. The van der Waals surface area contributed by atoms with Crippen LogP contribution in [-0.2, 0) is 18.5 Å². The van der Waals surface area contributed by atoms with E-state index >= 15 is 0 Å². The smallest absolute Gasteiger partial charge is 0.297 e. The maximum absolute atomic E-state index is 11.6. The first-order valence-electron chi connectivity index (χ1n) is 4.68. The summed E-state index contributed by atoms with van der Waals surface area (Å²) in [6, 6.07) is 6.38. The predicted molar refractivity (Wildman–Crippen MR) is 59.3 cm³/mol. The molecule has 0 N–H and O–H groups in total. The Morgan fingerprint density at radius 3 is 2.60 bits per heavy atom. The second-order valence-corrected chi connectivity index (χ2v) is 4.76. The molecule has 0 saturated carbocycles. The van der Waals surface area contributed by atoms with Gasteiger partial charge in [-0.1, -0.05) is 17.7 Å². The summed E-state index contributed by atoms with van der Waals surface area (Å²) in [7, 11) is -3.71. The Morgan fingerprint density at radius 2 is 2.00 bits per heavy atom. The van der Waals surface area contributed by atoms with Crippen molar-refractivity contribution in [1.82, 2.24) is 0 Å². The van der Waals surface area contributed by atoms with E-state index in [0.717, 1.165) is 5.56 Å². The van der Waals surface area contributed by atoms with Crippen molar-refractivity contribution in [2.75, 3.05) is 13.2 Å². The minimum atomic E-state index is -3.71. The number of thiol groups is 1.